The Labute approximate surface area is 514 Å². The fraction of sp³-hybridized carbons (Fsp3) is 0.947. The second-order valence-corrected chi connectivity index (χ2v) is 26.3. The van der Waals surface area contributed by atoms with E-state index in [-0.39, 0.29) is 18.5 Å². The summed E-state index contributed by atoms with van der Waals surface area (Å²) in [5.41, 5.74) is 0. The number of rotatable bonds is 72. The van der Waals surface area contributed by atoms with Crippen LogP contribution in [0.15, 0.2) is 12.2 Å². The summed E-state index contributed by atoms with van der Waals surface area (Å²) in [6.45, 7) is 5.01. The Kier molecular flexibility index (Phi) is 70.8. The molecule has 1 amide bonds. The monoisotopic (exact) mass is 1160 g/mol. The molecule has 6 heteroatoms. The van der Waals surface area contributed by atoms with Crippen molar-refractivity contribution in [2.24, 2.45) is 0 Å². The molecule has 0 aliphatic rings. The zero-order valence-electron chi connectivity index (χ0n) is 56.0. The van der Waals surface area contributed by atoms with Crippen LogP contribution in [0.1, 0.15) is 438 Å². The molecule has 0 heterocycles. The molecule has 0 bridgehead atoms. The minimum Gasteiger partial charge on any atom is -0.466 e. The third-order valence-electron chi connectivity index (χ3n) is 18.1. The molecule has 0 saturated carbocycles. The maximum atomic E-state index is 12.6. The normalized spacial score (nSPS) is 12.5. The standard InChI is InChI=1S/C76H149NO5/c1-3-5-7-9-11-13-15-17-18-19-20-21-32-35-38-41-45-48-52-56-60-64-68-74(79)73(72-78)77-75(80)69-65-61-57-53-49-46-42-39-36-33-30-28-26-24-22-23-25-27-29-31-34-37-40-43-47-51-55-59-63-67-71-82-76(81)70-66-62-58-54-50-44-16-14-12-10-8-6-4-2/h23,25,73-74,78-79H,3-22,24,26-72H2,1-2H3,(H,77,80)/b25-23-. The Balaban J connectivity index is 3.36. The van der Waals surface area contributed by atoms with Crippen molar-refractivity contribution in [2.45, 2.75) is 450 Å². The number of allylic oxidation sites excluding steroid dienone is 2. The van der Waals surface area contributed by atoms with Crippen LogP contribution in [0.4, 0.5) is 0 Å². The van der Waals surface area contributed by atoms with Gasteiger partial charge in [-0.15, -0.1) is 0 Å². The van der Waals surface area contributed by atoms with E-state index in [1.807, 2.05) is 0 Å². The first-order valence-corrected chi connectivity index (χ1v) is 37.9. The number of amides is 1. The van der Waals surface area contributed by atoms with Gasteiger partial charge in [0, 0.05) is 12.8 Å². The van der Waals surface area contributed by atoms with Gasteiger partial charge in [0.15, 0.2) is 0 Å². The molecule has 0 saturated heterocycles. The van der Waals surface area contributed by atoms with Gasteiger partial charge in [0.05, 0.1) is 25.4 Å². The lowest BCUT2D eigenvalue weighted by atomic mass is 10.0. The molecular weight excluding hydrogens is 1010 g/mol. The summed E-state index contributed by atoms with van der Waals surface area (Å²) in [6.07, 6.45) is 90.0. The van der Waals surface area contributed by atoms with Crippen molar-refractivity contribution in [3.63, 3.8) is 0 Å². The number of hydrogen-bond acceptors (Lipinski definition) is 5. The topological polar surface area (TPSA) is 95.9 Å². The van der Waals surface area contributed by atoms with E-state index in [1.54, 1.807) is 0 Å². The summed E-state index contributed by atoms with van der Waals surface area (Å²) in [4.78, 5) is 24.6. The van der Waals surface area contributed by atoms with E-state index in [1.165, 1.54) is 366 Å². The highest BCUT2D eigenvalue weighted by Gasteiger charge is 2.20. The molecule has 0 fully saturated rings. The Morgan fingerprint density at radius 3 is 0.866 bits per heavy atom. The predicted octanol–water partition coefficient (Wildman–Crippen LogP) is 24.7. The molecule has 0 radical (unpaired) electrons. The summed E-state index contributed by atoms with van der Waals surface area (Å²) in [5.74, 6) is -0.00808. The Bertz CT molecular complexity index is 1240. The van der Waals surface area contributed by atoms with Crippen molar-refractivity contribution in [3.05, 3.63) is 12.2 Å². The Hall–Kier alpha value is -1.40. The second kappa shape index (κ2) is 72.1. The molecule has 2 unspecified atom stereocenters. The molecule has 2 atom stereocenters. The molecule has 0 spiro atoms. The van der Waals surface area contributed by atoms with Gasteiger partial charge in [-0.3, -0.25) is 9.59 Å². The molecule has 0 aromatic rings. The first kappa shape index (κ1) is 80.6. The van der Waals surface area contributed by atoms with Crippen LogP contribution < -0.4 is 5.32 Å². The predicted molar refractivity (Wildman–Crippen MR) is 361 cm³/mol. The minimum atomic E-state index is -0.664. The maximum absolute atomic E-state index is 12.6. The summed E-state index contributed by atoms with van der Waals surface area (Å²) in [6, 6.07) is -0.541. The summed E-state index contributed by atoms with van der Waals surface area (Å²) >= 11 is 0. The molecule has 0 aromatic carbocycles. The third-order valence-corrected chi connectivity index (χ3v) is 18.1. The van der Waals surface area contributed by atoms with Gasteiger partial charge in [0.2, 0.25) is 5.91 Å². The molecule has 0 aliphatic carbocycles. The largest absolute Gasteiger partial charge is 0.466 e. The molecule has 0 aliphatic heterocycles. The van der Waals surface area contributed by atoms with Crippen molar-refractivity contribution in [3.8, 4) is 0 Å². The zero-order chi connectivity index (χ0) is 59.2. The van der Waals surface area contributed by atoms with Gasteiger partial charge in [-0.05, 0) is 51.4 Å². The number of esters is 1. The highest BCUT2D eigenvalue weighted by Crippen LogP contribution is 2.20. The zero-order valence-corrected chi connectivity index (χ0v) is 56.0. The molecule has 0 rings (SSSR count). The minimum absolute atomic E-state index is 0.0198. The number of unbranched alkanes of at least 4 members (excludes halogenated alkanes) is 59. The summed E-state index contributed by atoms with van der Waals surface area (Å²) < 4.78 is 5.49. The van der Waals surface area contributed by atoms with E-state index in [4.69, 9.17) is 4.74 Å². The van der Waals surface area contributed by atoms with Crippen LogP contribution in [0.5, 0.6) is 0 Å². The Morgan fingerprint density at radius 1 is 0.329 bits per heavy atom. The van der Waals surface area contributed by atoms with Crippen LogP contribution in [0, 0.1) is 0 Å². The third kappa shape index (κ3) is 67.7. The molecular formula is C76H149NO5. The van der Waals surface area contributed by atoms with Crippen LogP contribution in [0.3, 0.4) is 0 Å². The fourth-order valence-corrected chi connectivity index (χ4v) is 12.3. The molecule has 0 aromatic heterocycles. The van der Waals surface area contributed by atoms with Crippen LogP contribution in [-0.2, 0) is 14.3 Å². The quantitative estimate of drug-likeness (QED) is 0.0320. The number of ether oxygens (including phenoxy) is 1. The average molecular weight is 1160 g/mol. The van der Waals surface area contributed by atoms with E-state index in [0.717, 1.165) is 38.5 Å². The van der Waals surface area contributed by atoms with Crippen molar-refractivity contribution < 1.29 is 24.5 Å². The van der Waals surface area contributed by atoms with Crippen molar-refractivity contribution >= 4 is 11.9 Å². The highest BCUT2D eigenvalue weighted by atomic mass is 16.5. The average Bonchev–Trinajstić information content (AvgIpc) is 3.48. The lowest BCUT2D eigenvalue weighted by Crippen LogP contribution is -2.45. The first-order chi connectivity index (χ1) is 40.5. The number of carbonyl (C=O) groups excluding carboxylic acids is 2. The Morgan fingerprint density at radius 2 is 0.573 bits per heavy atom. The fourth-order valence-electron chi connectivity index (χ4n) is 12.3. The number of nitrogens with one attached hydrogen (secondary N) is 1. The van der Waals surface area contributed by atoms with Gasteiger partial charge < -0.3 is 20.3 Å². The van der Waals surface area contributed by atoms with Crippen molar-refractivity contribution in [1.82, 2.24) is 5.32 Å². The van der Waals surface area contributed by atoms with E-state index < -0.39 is 12.1 Å². The van der Waals surface area contributed by atoms with E-state index in [9.17, 15) is 19.8 Å². The van der Waals surface area contributed by atoms with Gasteiger partial charge >= 0.3 is 5.97 Å². The van der Waals surface area contributed by atoms with Gasteiger partial charge in [-0.2, -0.15) is 0 Å². The smallest absolute Gasteiger partial charge is 0.305 e. The molecule has 488 valence electrons. The number of carbonyl (C=O) groups is 2. The maximum Gasteiger partial charge on any atom is 0.305 e. The number of aliphatic hydroxyl groups is 2. The van der Waals surface area contributed by atoms with Crippen LogP contribution >= 0.6 is 0 Å². The van der Waals surface area contributed by atoms with Crippen LogP contribution in [0.25, 0.3) is 0 Å². The summed E-state index contributed by atoms with van der Waals surface area (Å²) in [7, 11) is 0. The van der Waals surface area contributed by atoms with Gasteiger partial charge in [0.25, 0.3) is 0 Å². The van der Waals surface area contributed by atoms with Crippen molar-refractivity contribution in [1.29, 1.82) is 0 Å². The molecule has 82 heavy (non-hydrogen) atoms. The highest BCUT2D eigenvalue weighted by molar-refractivity contribution is 5.76. The second-order valence-electron chi connectivity index (χ2n) is 26.3. The van der Waals surface area contributed by atoms with Gasteiger partial charge in [0.1, 0.15) is 0 Å². The van der Waals surface area contributed by atoms with Gasteiger partial charge in [-0.1, -0.05) is 386 Å². The van der Waals surface area contributed by atoms with Gasteiger partial charge in [-0.25, -0.2) is 0 Å². The lowest BCUT2D eigenvalue weighted by Gasteiger charge is -2.22. The SMILES string of the molecule is CCCCCCCCCCCCCCCCCCCCCCCCC(O)C(CO)NC(=O)CCCCCCCCCCCCCCCC/C=C\CCCCCCCCCCCCCCOC(=O)CCCCCCCCCCCCCCC. The summed E-state index contributed by atoms with van der Waals surface area (Å²) in [5, 5.41) is 23.5. The molecule has 6 nitrogen and oxygen atoms in total. The molecule has 3 N–H and O–H groups in total. The van der Waals surface area contributed by atoms with E-state index in [0.29, 0.717) is 25.9 Å². The number of hydrogen-bond donors (Lipinski definition) is 3. The van der Waals surface area contributed by atoms with Crippen LogP contribution in [0.2, 0.25) is 0 Å². The van der Waals surface area contributed by atoms with E-state index in [2.05, 4.69) is 31.3 Å². The van der Waals surface area contributed by atoms with Crippen LogP contribution in [-0.4, -0.2) is 47.4 Å². The lowest BCUT2D eigenvalue weighted by molar-refractivity contribution is -0.143. The number of aliphatic hydroxyl groups excluding tert-OH is 2. The van der Waals surface area contributed by atoms with Crippen molar-refractivity contribution in [2.75, 3.05) is 13.2 Å². The van der Waals surface area contributed by atoms with E-state index >= 15 is 0 Å². The first-order valence-electron chi connectivity index (χ1n) is 37.9.